The summed E-state index contributed by atoms with van der Waals surface area (Å²) >= 11 is 0. The topological polar surface area (TPSA) is 239 Å². The van der Waals surface area contributed by atoms with E-state index in [0.717, 1.165) is 0 Å². The Hall–Kier alpha value is -5.54. The average Bonchev–Trinajstić information content (AvgIpc) is 3.57. The molecule has 15 nitrogen and oxygen atoms in total. The third kappa shape index (κ3) is 4.71. The average molecular weight is 686 g/mol. The first-order chi connectivity index (χ1) is 23.4. The van der Waals surface area contributed by atoms with Crippen LogP contribution >= 0.6 is 0 Å². The van der Waals surface area contributed by atoms with Crippen LogP contribution in [-0.2, 0) is 30.3 Å². The number of hydrogen-bond acceptors (Lipinski definition) is 12. The molecule has 6 N–H and O–H groups in total. The number of nitrogens with two attached hydrogens (primary N) is 1. The van der Waals surface area contributed by atoms with E-state index >= 15 is 0 Å². The SMILES string of the molecule is COC(=O)c1cc(NC(=O)c2ccn[nH]2)cc(-c2ccc(O)c3c2C[C@@]2(C)C[C@@]4(C)[C@H](N(C)C)C(=O)C(C(N)=O)C(=O)[C@@]4(O)C(=O)C2C3=O)c1. The molecule has 15 heteroatoms. The van der Waals surface area contributed by atoms with Gasteiger partial charge < -0.3 is 26.0 Å². The van der Waals surface area contributed by atoms with Gasteiger partial charge in [0.15, 0.2) is 34.7 Å². The number of aromatic hydroxyl groups is 1. The van der Waals surface area contributed by atoms with Gasteiger partial charge in [-0.3, -0.25) is 38.8 Å². The van der Waals surface area contributed by atoms with Crippen molar-refractivity contribution in [1.82, 2.24) is 15.1 Å². The highest BCUT2D eigenvalue weighted by Crippen LogP contribution is 2.62. The molecule has 3 aromatic rings. The van der Waals surface area contributed by atoms with E-state index in [2.05, 4.69) is 15.5 Å². The molecule has 6 atom stereocenters. The van der Waals surface area contributed by atoms with Gasteiger partial charge in [-0.1, -0.05) is 19.9 Å². The maximum Gasteiger partial charge on any atom is 0.337 e. The fourth-order valence-electron chi connectivity index (χ4n) is 8.66. The molecule has 2 amide bonds. The van der Waals surface area contributed by atoms with Gasteiger partial charge >= 0.3 is 5.97 Å². The minimum absolute atomic E-state index is 0.0556. The third-order valence-electron chi connectivity index (χ3n) is 10.5. The number of carbonyl (C=O) groups is 7. The lowest BCUT2D eigenvalue weighted by Gasteiger charge is -2.61. The second-order valence-electron chi connectivity index (χ2n) is 14.0. The molecule has 0 saturated heterocycles. The molecular formula is C35H35N5O10. The summed E-state index contributed by atoms with van der Waals surface area (Å²) in [7, 11) is 4.21. The molecule has 2 saturated carbocycles. The molecule has 0 radical (unpaired) electrons. The van der Waals surface area contributed by atoms with Crippen LogP contribution < -0.4 is 11.1 Å². The monoisotopic (exact) mass is 685 g/mol. The van der Waals surface area contributed by atoms with Crippen molar-refractivity contribution in [2.75, 3.05) is 26.5 Å². The molecule has 3 aliphatic rings. The van der Waals surface area contributed by atoms with E-state index in [-0.39, 0.29) is 35.3 Å². The summed E-state index contributed by atoms with van der Waals surface area (Å²) in [6.45, 7) is 3.06. The van der Waals surface area contributed by atoms with E-state index < -0.39 is 81.0 Å². The smallest absolute Gasteiger partial charge is 0.337 e. The largest absolute Gasteiger partial charge is 0.507 e. The predicted octanol–water partition coefficient (Wildman–Crippen LogP) is 1.08. The van der Waals surface area contributed by atoms with Crippen LogP contribution in [0.1, 0.15) is 57.0 Å². The fourth-order valence-corrected chi connectivity index (χ4v) is 8.66. The molecular weight excluding hydrogens is 650 g/mol. The normalized spacial score (nSPS) is 28.8. The summed E-state index contributed by atoms with van der Waals surface area (Å²) in [5.41, 5.74) is 0.574. The number of amides is 2. The van der Waals surface area contributed by atoms with Crippen LogP contribution in [0.3, 0.4) is 0 Å². The van der Waals surface area contributed by atoms with Crippen molar-refractivity contribution in [2.45, 2.75) is 38.3 Å². The van der Waals surface area contributed by atoms with E-state index in [1.54, 1.807) is 13.0 Å². The van der Waals surface area contributed by atoms with E-state index in [1.165, 1.54) is 69.6 Å². The highest BCUT2D eigenvalue weighted by Gasteiger charge is 2.76. The molecule has 1 aromatic heterocycles. The summed E-state index contributed by atoms with van der Waals surface area (Å²) in [4.78, 5) is 95.8. The summed E-state index contributed by atoms with van der Waals surface area (Å²) < 4.78 is 4.94. The molecule has 6 rings (SSSR count). The second kappa shape index (κ2) is 11.5. The van der Waals surface area contributed by atoms with Crippen LogP contribution in [0, 0.1) is 22.7 Å². The number of methoxy groups -OCH3 is 1. The summed E-state index contributed by atoms with van der Waals surface area (Å²) in [5, 5.41) is 32.2. The highest BCUT2D eigenvalue weighted by atomic mass is 16.5. The molecule has 260 valence electrons. The number of aliphatic hydroxyl groups is 1. The Morgan fingerprint density at radius 1 is 1.06 bits per heavy atom. The molecule has 50 heavy (non-hydrogen) atoms. The van der Waals surface area contributed by atoms with Gasteiger partial charge in [0.1, 0.15) is 11.4 Å². The van der Waals surface area contributed by atoms with E-state index in [9.17, 15) is 43.8 Å². The standard InChI is InChI=1S/C35H35N5O10/c1-33-13-19-18(15-10-16(32(48)50-5)12-17(11-15)38-31(47)20-8-9-37-39-20)6-7-21(41)22(19)25(42)24(33)29(45)35(49)28(44)23(30(36)46)26(43)27(40(3)4)34(35,2)14-33/h6-12,23-24,27,41,49H,13-14H2,1-5H3,(H2,36,46)(H,37,39)(H,38,47)/t23?,24?,27-,33+,34+,35-/m1/s1. The first-order valence-electron chi connectivity index (χ1n) is 15.6. The number of fused-ring (bicyclic) bond motifs is 3. The molecule has 3 aliphatic carbocycles. The van der Waals surface area contributed by atoms with Crippen molar-refractivity contribution in [2.24, 2.45) is 28.4 Å². The maximum atomic E-state index is 14.5. The van der Waals surface area contributed by atoms with Crippen molar-refractivity contribution in [3.63, 3.8) is 0 Å². The number of H-pyrrole nitrogens is 1. The van der Waals surface area contributed by atoms with Crippen molar-refractivity contribution < 1.29 is 48.5 Å². The van der Waals surface area contributed by atoms with Gasteiger partial charge in [-0.25, -0.2) is 4.79 Å². The Balaban J connectivity index is 1.52. The van der Waals surface area contributed by atoms with Crippen molar-refractivity contribution in [3.8, 4) is 16.9 Å². The predicted molar refractivity (Wildman–Crippen MR) is 174 cm³/mol. The Kier molecular flexibility index (Phi) is 7.91. The molecule has 2 aromatic carbocycles. The number of nitrogens with zero attached hydrogens (tertiary/aromatic N) is 2. The summed E-state index contributed by atoms with van der Waals surface area (Å²) in [6.07, 6.45) is 1.14. The summed E-state index contributed by atoms with van der Waals surface area (Å²) in [5.74, 6) is -11.1. The number of ether oxygens (including phenoxy) is 1. The number of phenols is 1. The highest BCUT2D eigenvalue weighted by molar-refractivity contribution is 6.33. The zero-order chi connectivity index (χ0) is 36.7. The van der Waals surface area contributed by atoms with Crippen LogP contribution in [-0.4, -0.2) is 99.1 Å². The number of likely N-dealkylation sites (N-methyl/N-ethyl adjacent to an activating group) is 1. The quantitative estimate of drug-likeness (QED) is 0.181. The number of hydrogen-bond donors (Lipinski definition) is 5. The Morgan fingerprint density at radius 3 is 2.36 bits per heavy atom. The number of carbonyl (C=O) groups excluding carboxylic acids is 7. The Bertz CT molecular complexity index is 2040. The van der Waals surface area contributed by atoms with E-state index in [4.69, 9.17) is 10.5 Å². The molecule has 0 aliphatic heterocycles. The number of phenolic OH excluding ortho intramolecular Hbond substituents is 1. The van der Waals surface area contributed by atoms with Crippen LogP contribution in [0.25, 0.3) is 11.1 Å². The van der Waals surface area contributed by atoms with Gasteiger partial charge in [0.05, 0.1) is 30.2 Å². The maximum absolute atomic E-state index is 14.5. The molecule has 1 heterocycles. The number of aromatic amines is 1. The number of anilines is 1. The lowest BCUT2D eigenvalue weighted by atomic mass is 9.42. The molecule has 0 spiro atoms. The number of Topliss-reactive ketones (excluding diaryl/α,β-unsaturated/α-hetero) is 4. The van der Waals surface area contributed by atoms with Crippen LogP contribution in [0.15, 0.2) is 42.6 Å². The Labute approximate surface area is 285 Å². The van der Waals surface area contributed by atoms with Crippen molar-refractivity contribution in [3.05, 3.63) is 65.0 Å². The van der Waals surface area contributed by atoms with Crippen LogP contribution in [0.2, 0.25) is 0 Å². The number of rotatable bonds is 6. The van der Waals surface area contributed by atoms with Gasteiger partial charge in [-0.15, -0.1) is 0 Å². The lowest BCUT2D eigenvalue weighted by Crippen LogP contribution is -2.79. The van der Waals surface area contributed by atoms with Crippen LogP contribution in [0.4, 0.5) is 5.69 Å². The van der Waals surface area contributed by atoms with E-state index in [1.807, 2.05) is 0 Å². The summed E-state index contributed by atoms with van der Waals surface area (Å²) in [6, 6.07) is 7.35. The molecule has 0 bridgehead atoms. The van der Waals surface area contributed by atoms with Crippen LogP contribution in [0.5, 0.6) is 5.75 Å². The van der Waals surface area contributed by atoms with Gasteiger partial charge in [0.25, 0.3) is 5.91 Å². The number of benzene rings is 2. The lowest BCUT2D eigenvalue weighted by molar-refractivity contribution is -0.203. The molecule has 2 fully saturated rings. The fraction of sp³-hybridized carbons (Fsp3) is 0.371. The molecule has 2 unspecified atom stereocenters. The minimum atomic E-state index is -2.93. The third-order valence-corrected chi connectivity index (χ3v) is 10.5. The first-order valence-corrected chi connectivity index (χ1v) is 15.6. The second-order valence-corrected chi connectivity index (χ2v) is 14.0. The number of ketones is 4. The zero-order valence-corrected chi connectivity index (χ0v) is 27.8. The van der Waals surface area contributed by atoms with Gasteiger partial charge in [-0.2, -0.15) is 5.10 Å². The van der Waals surface area contributed by atoms with Crippen molar-refractivity contribution in [1.29, 1.82) is 0 Å². The Morgan fingerprint density at radius 2 is 1.76 bits per heavy atom. The number of nitrogens with one attached hydrogen (secondary N) is 2. The zero-order valence-electron chi connectivity index (χ0n) is 27.8. The number of aromatic nitrogens is 2. The van der Waals surface area contributed by atoms with Gasteiger partial charge in [0.2, 0.25) is 5.91 Å². The van der Waals surface area contributed by atoms with E-state index in [0.29, 0.717) is 16.7 Å². The number of esters is 1. The van der Waals surface area contributed by atoms with Gasteiger partial charge in [0, 0.05) is 17.3 Å². The number of primary amides is 1. The van der Waals surface area contributed by atoms with Crippen molar-refractivity contribution >= 4 is 46.6 Å². The first kappa shape index (κ1) is 34.3. The van der Waals surface area contributed by atoms with Gasteiger partial charge in [-0.05, 0) is 79.4 Å². The minimum Gasteiger partial charge on any atom is -0.507 e.